The number of amides is 1. The minimum Gasteiger partial charge on any atom is -0.477 e. The van der Waals surface area contributed by atoms with Crippen molar-refractivity contribution < 1.29 is 22.7 Å². The van der Waals surface area contributed by atoms with Crippen molar-refractivity contribution in [2.45, 2.75) is 12.6 Å². The van der Waals surface area contributed by atoms with Crippen LogP contribution >= 0.6 is 0 Å². The standard InChI is InChI=1S/C18H15F3N4O2/c19-18(20,21)5-6-27-16-4-2-11(8-23-16)13-7-14-12(1-3-15(22)26)9-24-17(14)25-10-13/h1-4,7-10H,5-6H2,(H2,22,26)(H,24,25). The molecule has 3 aromatic heterocycles. The van der Waals surface area contributed by atoms with Crippen LogP contribution in [0.4, 0.5) is 13.2 Å². The maximum Gasteiger partial charge on any atom is 0.392 e. The average Bonchev–Trinajstić information content (AvgIpc) is 3.02. The summed E-state index contributed by atoms with van der Waals surface area (Å²) in [7, 11) is 0. The average molecular weight is 376 g/mol. The summed E-state index contributed by atoms with van der Waals surface area (Å²) < 4.78 is 41.4. The number of aromatic nitrogens is 3. The molecule has 0 spiro atoms. The van der Waals surface area contributed by atoms with Crippen LogP contribution in [0.5, 0.6) is 5.88 Å². The predicted octanol–water partition coefficient (Wildman–Crippen LogP) is 3.45. The first kappa shape index (κ1) is 18.4. The van der Waals surface area contributed by atoms with Gasteiger partial charge in [0.05, 0.1) is 13.0 Å². The Labute approximate surface area is 151 Å². The summed E-state index contributed by atoms with van der Waals surface area (Å²) in [5, 5.41) is 0.788. The Kier molecular flexibility index (Phi) is 5.11. The van der Waals surface area contributed by atoms with Gasteiger partial charge in [-0.3, -0.25) is 4.79 Å². The van der Waals surface area contributed by atoms with Crippen molar-refractivity contribution in [3.8, 4) is 17.0 Å². The third kappa shape index (κ3) is 4.84. The topological polar surface area (TPSA) is 93.9 Å². The minimum absolute atomic E-state index is 0.115. The molecule has 0 bridgehead atoms. The molecule has 0 aromatic carbocycles. The number of alkyl halides is 3. The predicted molar refractivity (Wildman–Crippen MR) is 93.7 cm³/mol. The monoisotopic (exact) mass is 376 g/mol. The molecule has 0 aliphatic carbocycles. The van der Waals surface area contributed by atoms with Gasteiger partial charge in [0.1, 0.15) is 5.65 Å². The van der Waals surface area contributed by atoms with E-state index in [1.165, 1.54) is 18.3 Å². The molecule has 0 radical (unpaired) electrons. The molecule has 3 aromatic rings. The van der Waals surface area contributed by atoms with Gasteiger partial charge >= 0.3 is 6.18 Å². The summed E-state index contributed by atoms with van der Waals surface area (Å²) in [6.45, 7) is -0.484. The summed E-state index contributed by atoms with van der Waals surface area (Å²) in [4.78, 5) is 22.2. The van der Waals surface area contributed by atoms with Crippen molar-refractivity contribution >= 4 is 23.0 Å². The number of rotatable bonds is 6. The van der Waals surface area contributed by atoms with E-state index in [-0.39, 0.29) is 5.88 Å². The second kappa shape index (κ2) is 7.48. The van der Waals surface area contributed by atoms with Crippen molar-refractivity contribution in [2.75, 3.05) is 6.61 Å². The minimum atomic E-state index is -4.27. The van der Waals surface area contributed by atoms with Gasteiger partial charge < -0.3 is 15.5 Å². The largest absolute Gasteiger partial charge is 0.477 e. The summed E-state index contributed by atoms with van der Waals surface area (Å²) >= 11 is 0. The lowest BCUT2D eigenvalue weighted by Crippen LogP contribution is -2.13. The Hall–Kier alpha value is -3.36. The first-order valence-electron chi connectivity index (χ1n) is 7.92. The molecule has 0 aliphatic heterocycles. The maximum atomic E-state index is 12.1. The van der Waals surface area contributed by atoms with Gasteiger partial charge in [-0.2, -0.15) is 13.2 Å². The molecule has 27 heavy (non-hydrogen) atoms. The van der Waals surface area contributed by atoms with E-state index in [1.54, 1.807) is 24.5 Å². The number of ether oxygens (including phenoxy) is 1. The van der Waals surface area contributed by atoms with Gasteiger partial charge in [0.15, 0.2) is 0 Å². The summed E-state index contributed by atoms with van der Waals surface area (Å²) in [5.74, 6) is -0.442. The smallest absolute Gasteiger partial charge is 0.392 e. The fourth-order valence-corrected chi connectivity index (χ4v) is 2.40. The number of carbonyl (C=O) groups excluding carboxylic acids is 1. The molecule has 0 aliphatic rings. The molecular formula is C18H15F3N4O2. The Morgan fingerprint density at radius 3 is 2.67 bits per heavy atom. The van der Waals surface area contributed by atoms with Gasteiger partial charge in [0.25, 0.3) is 0 Å². The molecule has 0 fully saturated rings. The quantitative estimate of drug-likeness (QED) is 0.644. The molecule has 9 heteroatoms. The lowest BCUT2D eigenvalue weighted by atomic mass is 10.1. The van der Waals surface area contributed by atoms with Gasteiger partial charge in [-0.15, -0.1) is 0 Å². The fraction of sp³-hybridized carbons (Fsp3) is 0.167. The Balaban J connectivity index is 1.78. The van der Waals surface area contributed by atoms with Crippen LogP contribution in [-0.4, -0.2) is 33.6 Å². The Morgan fingerprint density at radius 1 is 1.22 bits per heavy atom. The third-order valence-corrected chi connectivity index (χ3v) is 3.70. The molecule has 3 N–H and O–H groups in total. The van der Waals surface area contributed by atoms with E-state index in [2.05, 4.69) is 15.0 Å². The molecule has 3 rings (SSSR count). The van der Waals surface area contributed by atoms with E-state index in [1.807, 2.05) is 6.07 Å². The third-order valence-electron chi connectivity index (χ3n) is 3.70. The zero-order valence-electron chi connectivity index (χ0n) is 14.0. The normalized spacial score (nSPS) is 12.0. The molecule has 0 atom stereocenters. The first-order valence-corrected chi connectivity index (χ1v) is 7.92. The molecule has 1 amide bonds. The van der Waals surface area contributed by atoms with E-state index in [4.69, 9.17) is 10.5 Å². The number of aromatic amines is 1. The van der Waals surface area contributed by atoms with Crippen LogP contribution in [0, 0.1) is 0 Å². The lowest BCUT2D eigenvalue weighted by Gasteiger charge is -2.08. The van der Waals surface area contributed by atoms with Crippen LogP contribution < -0.4 is 10.5 Å². The van der Waals surface area contributed by atoms with Crippen molar-refractivity contribution in [1.82, 2.24) is 15.0 Å². The molecule has 0 saturated heterocycles. The van der Waals surface area contributed by atoms with Gasteiger partial charge in [0, 0.05) is 52.8 Å². The van der Waals surface area contributed by atoms with Crippen molar-refractivity contribution in [3.63, 3.8) is 0 Å². The highest BCUT2D eigenvalue weighted by atomic mass is 19.4. The number of hydrogen-bond acceptors (Lipinski definition) is 4. The number of pyridine rings is 2. The molecule has 3 heterocycles. The molecule has 0 saturated carbocycles. The first-order chi connectivity index (χ1) is 12.8. The summed E-state index contributed by atoms with van der Waals surface area (Å²) in [5.41, 5.74) is 7.98. The van der Waals surface area contributed by atoms with Crippen LogP contribution in [0.15, 0.2) is 42.9 Å². The van der Waals surface area contributed by atoms with Crippen LogP contribution in [0.1, 0.15) is 12.0 Å². The molecular weight excluding hydrogens is 361 g/mol. The van der Waals surface area contributed by atoms with Crippen LogP contribution in [0.25, 0.3) is 28.2 Å². The van der Waals surface area contributed by atoms with Crippen molar-refractivity contribution in [1.29, 1.82) is 0 Å². The fourth-order valence-electron chi connectivity index (χ4n) is 2.40. The number of halogens is 3. The SMILES string of the molecule is NC(=O)C=Cc1c[nH]c2ncc(-c3ccc(OCCC(F)(F)F)nc3)cc12. The van der Waals surface area contributed by atoms with E-state index in [9.17, 15) is 18.0 Å². The second-order valence-corrected chi connectivity index (χ2v) is 5.70. The number of H-pyrrole nitrogens is 1. The van der Waals surface area contributed by atoms with Gasteiger partial charge in [-0.05, 0) is 18.2 Å². The van der Waals surface area contributed by atoms with E-state index in [0.29, 0.717) is 5.65 Å². The van der Waals surface area contributed by atoms with E-state index in [0.717, 1.165) is 22.1 Å². The summed E-state index contributed by atoms with van der Waals surface area (Å²) in [6.07, 6.45) is 2.38. The maximum absolute atomic E-state index is 12.1. The number of nitrogens with one attached hydrogen (secondary N) is 1. The van der Waals surface area contributed by atoms with Crippen molar-refractivity contribution in [3.05, 3.63) is 48.4 Å². The number of nitrogens with two attached hydrogens (primary N) is 1. The van der Waals surface area contributed by atoms with Crippen LogP contribution in [-0.2, 0) is 4.79 Å². The Morgan fingerprint density at radius 2 is 2.00 bits per heavy atom. The van der Waals surface area contributed by atoms with Gasteiger partial charge in [-0.1, -0.05) is 0 Å². The van der Waals surface area contributed by atoms with E-state index >= 15 is 0 Å². The molecule has 140 valence electrons. The Bertz CT molecular complexity index is 978. The highest BCUT2D eigenvalue weighted by Crippen LogP contribution is 2.26. The summed E-state index contributed by atoms with van der Waals surface area (Å²) in [6, 6.07) is 5.05. The number of nitrogens with zero attached hydrogens (tertiary/aromatic N) is 2. The number of primary amides is 1. The highest BCUT2D eigenvalue weighted by Gasteiger charge is 2.26. The number of hydrogen-bond donors (Lipinski definition) is 2. The van der Waals surface area contributed by atoms with Gasteiger partial charge in [-0.25, -0.2) is 9.97 Å². The van der Waals surface area contributed by atoms with Crippen LogP contribution in [0.3, 0.4) is 0 Å². The lowest BCUT2D eigenvalue weighted by molar-refractivity contribution is -0.139. The van der Waals surface area contributed by atoms with Crippen molar-refractivity contribution in [2.24, 2.45) is 5.73 Å². The zero-order valence-corrected chi connectivity index (χ0v) is 14.0. The van der Waals surface area contributed by atoms with Crippen LogP contribution in [0.2, 0.25) is 0 Å². The molecule has 0 unspecified atom stereocenters. The number of carbonyl (C=O) groups is 1. The molecule has 6 nitrogen and oxygen atoms in total. The second-order valence-electron chi connectivity index (χ2n) is 5.70. The van der Waals surface area contributed by atoms with Gasteiger partial charge in [0.2, 0.25) is 11.8 Å². The highest BCUT2D eigenvalue weighted by molar-refractivity contribution is 5.95. The number of fused-ring (bicyclic) bond motifs is 1. The zero-order chi connectivity index (χ0) is 19.4. The van der Waals surface area contributed by atoms with E-state index < -0.39 is 25.1 Å².